The van der Waals surface area contributed by atoms with Crippen LogP contribution >= 0.6 is 11.6 Å². The highest BCUT2D eigenvalue weighted by molar-refractivity contribution is 7.92. The maximum Gasteiger partial charge on any atom is 0.261 e. The van der Waals surface area contributed by atoms with Gasteiger partial charge in [0.05, 0.1) is 23.4 Å². The first-order valence-electron chi connectivity index (χ1n) is 9.87. The van der Waals surface area contributed by atoms with Gasteiger partial charge in [0.1, 0.15) is 5.75 Å². The van der Waals surface area contributed by atoms with Crippen LogP contribution in [0.1, 0.15) is 25.3 Å². The van der Waals surface area contributed by atoms with Gasteiger partial charge in [-0.15, -0.1) is 0 Å². The lowest BCUT2D eigenvalue weighted by atomic mass is 10.2. The maximum absolute atomic E-state index is 12.4. The average Bonchev–Trinajstić information content (AvgIpc) is 2.76. The quantitative estimate of drug-likeness (QED) is 0.230. The fraction of sp³-hybridized carbons (Fsp3) is 0.174. The van der Waals surface area contributed by atoms with E-state index >= 15 is 0 Å². The van der Waals surface area contributed by atoms with E-state index in [9.17, 15) is 8.42 Å². The van der Waals surface area contributed by atoms with E-state index in [2.05, 4.69) is 22.2 Å². The molecule has 2 N–H and O–H groups in total. The van der Waals surface area contributed by atoms with Crippen LogP contribution in [0.3, 0.4) is 0 Å². The van der Waals surface area contributed by atoms with Crippen molar-refractivity contribution in [2.45, 2.75) is 24.7 Å². The van der Waals surface area contributed by atoms with Crippen LogP contribution in [-0.4, -0.2) is 21.2 Å². The summed E-state index contributed by atoms with van der Waals surface area (Å²) < 4.78 is 33.0. The van der Waals surface area contributed by atoms with Crippen LogP contribution in [0.25, 0.3) is 0 Å². The van der Waals surface area contributed by atoms with Crippen LogP contribution in [0.15, 0.2) is 82.8 Å². The number of nitrogens with zero attached hydrogens (tertiary/aromatic N) is 1. The molecule has 8 heteroatoms. The predicted octanol–water partition coefficient (Wildman–Crippen LogP) is 5.77. The summed E-state index contributed by atoms with van der Waals surface area (Å²) in [4.78, 5) is 0.144. The number of hydrogen-bond donors (Lipinski definition) is 2. The first-order valence-corrected chi connectivity index (χ1v) is 11.7. The summed E-state index contributed by atoms with van der Waals surface area (Å²) >= 11 is 5.81. The largest absolute Gasteiger partial charge is 0.494 e. The minimum absolute atomic E-state index is 0.144. The van der Waals surface area contributed by atoms with Gasteiger partial charge in [-0.25, -0.2) is 8.42 Å². The molecule has 0 aliphatic rings. The highest BCUT2D eigenvalue weighted by Crippen LogP contribution is 2.20. The van der Waals surface area contributed by atoms with Gasteiger partial charge in [0.25, 0.3) is 10.0 Å². The molecule has 0 saturated carbocycles. The van der Waals surface area contributed by atoms with Crippen molar-refractivity contribution in [1.82, 2.24) is 0 Å². The Bertz CT molecular complexity index is 1100. The average molecular weight is 458 g/mol. The fourth-order valence-electron chi connectivity index (χ4n) is 2.61. The molecule has 0 fully saturated rings. The van der Waals surface area contributed by atoms with Crippen molar-refractivity contribution in [2.75, 3.05) is 16.8 Å². The van der Waals surface area contributed by atoms with Crippen LogP contribution < -0.4 is 14.9 Å². The Morgan fingerprint density at radius 1 is 0.935 bits per heavy atom. The van der Waals surface area contributed by atoms with Gasteiger partial charge in [-0.3, -0.25) is 10.1 Å². The molecule has 162 valence electrons. The first kappa shape index (κ1) is 22.7. The lowest BCUT2D eigenvalue weighted by molar-refractivity contribution is 0.309. The Balaban J connectivity index is 1.54. The van der Waals surface area contributed by atoms with E-state index < -0.39 is 10.0 Å². The third-order valence-corrected chi connectivity index (χ3v) is 5.96. The zero-order valence-corrected chi connectivity index (χ0v) is 18.7. The lowest BCUT2D eigenvalue weighted by Crippen LogP contribution is -2.12. The number of nitrogens with one attached hydrogen (secondary N) is 2. The van der Waals surface area contributed by atoms with Crippen LogP contribution in [0.4, 0.5) is 11.4 Å². The van der Waals surface area contributed by atoms with Gasteiger partial charge in [0, 0.05) is 10.7 Å². The standard InChI is InChI=1S/C23H24ClN3O3S/c1-2-3-16-30-22-12-4-18(5-13-22)17-25-26-20-8-10-21(11-9-20)27-31(28,29)23-14-6-19(24)7-15-23/h4-15,17,26-27H,2-3,16H2,1H3/b25-17+. The topological polar surface area (TPSA) is 79.8 Å². The summed E-state index contributed by atoms with van der Waals surface area (Å²) in [6.07, 6.45) is 3.84. The summed E-state index contributed by atoms with van der Waals surface area (Å²) in [5, 5.41) is 4.69. The molecule has 0 amide bonds. The van der Waals surface area contributed by atoms with E-state index in [-0.39, 0.29) is 4.90 Å². The second-order valence-electron chi connectivity index (χ2n) is 6.78. The SMILES string of the molecule is CCCCOc1ccc(/C=N/Nc2ccc(NS(=O)(=O)c3ccc(Cl)cc3)cc2)cc1. The maximum atomic E-state index is 12.4. The van der Waals surface area contributed by atoms with Gasteiger partial charge < -0.3 is 4.74 Å². The third kappa shape index (κ3) is 7.01. The number of hydrogen-bond acceptors (Lipinski definition) is 5. The minimum atomic E-state index is -3.68. The van der Waals surface area contributed by atoms with Crippen molar-refractivity contribution < 1.29 is 13.2 Å². The van der Waals surface area contributed by atoms with Gasteiger partial charge in [0.15, 0.2) is 0 Å². The smallest absolute Gasteiger partial charge is 0.261 e. The van der Waals surface area contributed by atoms with Crippen LogP contribution in [0.2, 0.25) is 5.02 Å². The first-order chi connectivity index (χ1) is 15.0. The zero-order chi connectivity index (χ0) is 22.1. The summed E-state index contributed by atoms with van der Waals surface area (Å²) in [6, 6.07) is 20.5. The Labute approximate surface area is 188 Å². The Morgan fingerprint density at radius 2 is 1.58 bits per heavy atom. The number of sulfonamides is 1. The molecule has 6 nitrogen and oxygen atoms in total. The van der Waals surface area contributed by atoms with E-state index in [1.807, 2.05) is 24.3 Å². The second kappa shape index (κ2) is 10.8. The molecule has 3 aromatic carbocycles. The molecule has 0 bridgehead atoms. The molecule has 0 unspecified atom stereocenters. The van der Waals surface area contributed by atoms with Crippen molar-refractivity contribution in [3.8, 4) is 5.75 Å². The van der Waals surface area contributed by atoms with E-state index in [0.717, 1.165) is 36.4 Å². The number of halogens is 1. The Kier molecular flexibility index (Phi) is 7.92. The van der Waals surface area contributed by atoms with Crippen molar-refractivity contribution in [1.29, 1.82) is 0 Å². The third-order valence-electron chi connectivity index (χ3n) is 4.32. The molecule has 0 saturated heterocycles. The van der Waals surface area contributed by atoms with Gasteiger partial charge in [-0.1, -0.05) is 24.9 Å². The molecular formula is C23H24ClN3O3S. The molecule has 0 aromatic heterocycles. The van der Waals surface area contributed by atoms with Crippen LogP contribution in [0.5, 0.6) is 5.75 Å². The number of hydrazone groups is 1. The molecule has 0 radical (unpaired) electrons. The monoisotopic (exact) mass is 457 g/mol. The number of unbranched alkanes of at least 4 members (excludes halogenated alkanes) is 1. The second-order valence-corrected chi connectivity index (χ2v) is 8.90. The minimum Gasteiger partial charge on any atom is -0.494 e. The summed E-state index contributed by atoms with van der Waals surface area (Å²) in [5.74, 6) is 0.843. The number of ether oxygens (including phenoxy) is 1. The molecule has 3 aromatic rings. The molecule has 0 atom stereocenters. The molecule has 0 aliphatic heterocycles. The molecule has 0 spiro atoms. The van der Waals surface area contributed by atoms with Crippen LogP contribution in [-0.2, 0) is 10.0 Å². The predicted molar refractivity (Wildman–Crippen MR) is 127 cm³/mol. The summed E-state index contributed by atoms with van der Waals surface area (Å²) in [7, 11) is -3.68. The molecule has 3 rings (SSSR count). The van der Waals surface area contributed by atoms with Gasteiger partial charge in [-0.2, -0.15) is 5.10 Å². The van der Waals surface area contributed by atoms with E-state index in [1.165, 1.54) is 24.3 Å². The highest BCUT2D eigenvalue weighted by atomic mass is 35.5. The number of benzene rings is 3. The summed E-state index contributed by atoms with van der Waals surface area (Å²) in [6.45, 7) is 2.85. The fourth-order valence-corrected chi connectivity index (χ4v) is 3.79. The van der Waals surface area contributed by atoms with Crippen molar-refractivity contribution in [3.63, 3.8) is 0 Å². The molecule has 0 heterocycles. The van der Waals surface area contributed by atoms with E-state index in [1.54, 1.807) is 30.5 Å². The van der Waals surface area contributed by atoms with Crippen molar-refractivity contribution in [3.05, 3.63) is 83.4 Å². The van der Waals surface area contributed by atoms with E-state index in [0.29, 0.717) is 10.7 Å². The van der Waals surface area contributed by atoms with Crippen molar-refractivity contribution >= 4 is 39.2 Å². The Hall–Kier alpha value is -3.03. The highest BCUT2D eigenvalue weighted by Gasteiger charge is 2.13. The zero-order valence-electron chi connectivity index (χ0n) is 17.1. The molecular weight excluding hydrogens is 434 g/mol. The van der Waals surface area contributed by atoms with Gasteiger partial charge in [-0.05, 0) is 84.8 Å². The molecule has 31 heavy (non-hydrogen) atoms. The normalized spacial score (nSPS) is 11.4. The summed E-state index contributed by atoms with van der Waals surface area (Å²) in [5.41, 5.74) is 5.03. The van der Waals surface area contributed by atoms with Gasteiger partial charge in [0.2, 0.25) is 0 Å². The number of anilines is 2. The van der Waals surface area contributed by atoms with Gasteiger partial charge >= 0.3 is 0 Å². The van der Waals surface area contributed by atoms with E-state index in [4.69, 9.17) is 16.3 Å². The number of rotatable bonds is 10. The Morgan fingerprint density at radius 3 is 2.23 bits per heavy atom. The molecule has 0 aliphatic carbocycles. The lowest BCUT2D eigenvalue weighted by Gasteiger charge is -2.09. The van der Waals surface area contributed by atoms with Crippen molar-refractivity contribution in [2.24, 2.45) is 5.10 Å². The van der Waals surface area contributed by atoms with Crippen LogP contribution in [0, 0.1) is 0 Å².